The normalized spacial score (nSPS) is 20.0. The van der Waals surface area contributed by atoms with Crippen LogP contribution in [0.15, 0.2) is 48.5 Å². The molecular formula is C27H32N2O5. The van der Waals surface area contributed by atoms with Crippen molar-refractivity contribution in [3.05, 3.63) is 59.7 Å². The molecule has 0 radical (unpaired) electrons. The van der Waals surface area contributed by atoms with Crippen molar-refractivity contribution in [1.29, 1.82) is 0 Å². The highest BCUT2D eigenvalue weighted by Gasteiger charge is 2.31. The van der Waals surface area contributed by atoms with E-state index in [2.05, 4.69) is 34.9 Å². The predicted molar refractivity (Wildman–Crippen MR) is 128 cm³/mol. The third-order valence-corrected chi connectivity index (χ3v) is 6.99. The number of rotatable bonds is 8. The molecule has 1 unspecified atom stereocenters. The number of fused-ring (bicyclic) bond motifs is 3. The number of amides is 2. The summed E-state index contributed by atoms with van der Waals surface area (Å²) in [4.78, 5) is 36.2. The summed E-state index contributed by atoms with van der Waals surface area (Å²) < 4.78 is 5.54. The van der Waals surface area contributed by atoms with Crippen molar-refractivity contribution in [2.24, 2.45) is 11.8 Å². The van der Waals surface area contributed by atoms with E-state index in [9.17, 15) is 19.5 Å². The molecule has 0 heterocycles. The Balaban J connectivity index is 1.24. The molecule has 7 heteroatoms. The number of carboxylic acids is 1. The fraction of sp³-hybridized carbons (Fsp3) is 0.444. The number of benzene rings is 2. The van der Waals surface area contributed by atoms with E-state index < -0.39 is 24.0 Å². The van der Waals surface area contributed by atoms with Crippen LogP contribution in [0.4, 0.5) is 4.79 Å². The minimum absolute atomic E-state index is 0.0190. The van der Waals surface area contributed by atoms with Crippen molar-refractivity contribution in [1.82, 2.24) is 10.6 Å². The van der Waals surface area contributed by atoms with Crippen molar-refractivity contribution < 1.29 is 24.2 Å². The summed E-state index contributed by atoms with van der Waals surface area (Å²) in [5.41, 5.74) is 4.62. The third-order valence-electron chi connectivity index (χ3n) is 6.99. The first-order valence-electron chi connectivity index (χ1n) is 12.0. The molecule has 1 fully saturated rings. The Labute approximate surface area is 199 Å². The zero-order chi connectivity index (χ0) is 24.1. The molecule has 0 aliphatic heterocycles. The van der Waals surface area contributed by atoms with E-state index in [1.807, 2.05) is 24.3 Å². The van der Waals surface area contributed by atoms with Gasteiger partial charge in [0.15, 0.2) is 0 Å². The van der Waals surface area contributed by atoms with Crippen LogP contribution in [0.25, 0.3) is 11.1 Å². The topological polar surface area (TPSA) is 105 Å². The summed E-state index contributed by atoms with van der Waals surface area (Å²) in [6, 6.07) is 15.9. The smallest absolute Gasteiger partial charge is 0.407 e. The van der Waals surface area contributed by atoms with Gasteiger partial charge in [0.1, 0.15) is 6.61 Å². The van der Waals surface area contributed by atoms with Gasteiger partial charge in [0.2, 0.25) is 5.91 Å². The standard InChI is InChI=1S/C27H32N2O5/c1-17(14-25(30)28-15-18-8-2-3-9-19(18)26(31)32)29-27(33)34-16-24-22-12-6-4-10-20(22)21-11-5-7-13-23(21)24/h4-7,10-13,17-19,24H,2-3,8-9,14-16H2,1H3,(H,28,30)(H,29,33)(H,31,32)/t17?,18-,19-/m0/s1. The van der Waals surface area contributed by atoms with Gasteiger partial charge in [0.25, 0.3) is 0 Å². The first-order valence-corrected chi connectivity index (χ1v) is 12.0. The summed E-state index contributed by atoms with van der Waals surface area (Å²) in [6.45, 7) is 2.33. The molecule has 34 heavy (non-hydrogen) atoms. The fourth-order valence-electron chi connectivity index (χ4n) is 5.26. The monoisotopic (exact) mass is 464 g/mol. The van der Waals surface area contributed by atoms with Crippen LogP contribution in [-0.4, -0.2) is 42.3 Å². The van der Waals surface area contributed by atoms with E-state index in [0.29, 0.717) is 13.0 Å². The number of carbonyl (C=O) groups excluding carboxylic acids is 2. The second-order valence-electron chi connectivity index (χ2n) is 9.37. The predicted octanol–water partition coefficient (Wildman–Crippen LogP) is 4.31. The van der Waals surface area contributed by atoms with E-state index in [1.54, 1.807) is 6.92 Å². The highest BCUT2D eigenvalue weighted by molar-refractivity contribution is 5.79. The molecule has 7 nitrogen and oxygen atoms in total. The van der Waals surface area contributed by atoms with Crippen molar-refractivity contribution in [2.45, 2.75) is 51.0 Å². The molecule has 3 N–H and O–H groups in total. The number of nitrogens with one attached hydrogen (secondary N) is 2. The van der Waals surface area contributed by atoms with Crippen LogP contribution in [0.5, 0.6) is 0 Å². The van der Waals surface area contributed by atoms with Crippen molar-refractivity contribution in [3.63, 3.8) is 0 Å². The number of aliphatic carboxylic acids is 1. The van der Waals surface area contributed by atoms with Crippen molar-refractivity contribution in [2.75, 3.05) is 13.2 Å². The molecule has 0 bridgehead atoms. The number of carboxylic acid groups (broad SMARTS) is 1. The fourth-order valence-corrected chi connectivity index (χ4v) is 5.26. The number of hydrogen-bond donors (Lipinski definition) is 3. The second kappa shape index (κ2) is 10.7. The van der Waals surface area contributed by atoms with Gasteiger partial charge >= 0.3 is 12.1 Å². The van der Waals surface area contributed by atoms with Gasteiger partial charge in [-0.3, -0.25) is 9.59 Å². The highest BCUT2D eigenvalue weighted by atomic mass is 16.5. The van der Waals surface area contributed by atoms with Crippen molar-refractivity contribution in [3.8, 4) is 11.1 Å². The molecule has 0 saturated heterocycles. The lowest BCUT2D eigenvalue weighted by Gasteiger charge is -2.28. The summed E-state index contributed by atoms with van der Waals surface area (Å²) in [6.07, 6.45) is 2.93. The Kier molecular flexibility index (Phi) is 7.50. The van der Waals surface area contributed by atoms with Crippen LogP contribution in [0.1, 0.15) is 56.1 Å². The van der Waals surface area contributed by atoms with E-state index in [1.165, 1.54) is 11.1 Å². The van der Waals surface area contributed by atoms with Gasteiger partial charge in [-0.05, 0) is 47.9 Å². The molecule has 4 rings (SSSR count). The van der Waals surface area contributed by atoms with E-state index in [4.69, 9.17) is 4.74 Å². The average molecular weight is 465 g/mol. The maximum atomic E-state index is 12.4. The quantitative estimate of drug-likeness (QED) is 0.540. The van der Waals surface area contributed by atoms with Gasteiger partial charge in [0, 0.05) is 24.9 Å². The Bertz CT molecular complexity index is 1010. The van der Waals surface area contributed by atoms with Crippen LogP contribution in [0, 0.1) is 11.8 Å². The molecule has 2 aromatic carbocycles. The van der Waals surface area contributed by atoms with Crippen LogP contribution >= 0.6 is 0 Å². The van der Waals surface area contributed by atoms with Gasteiger partial charge in [-0.2, -0.15) is 0 Å². The largest absolute Gasteiger partial charge is 0.481 e. The molecule has 2 amide bonds. The Morgan fingerprint density at radius 2 is 1.62 bits per heavy atom. The Morgan fingerprint density at radius 3 is 2.26 bits per heavy atom. The van der Waals surface area contributed by atoms with E-state index in [-0.39, 0.29) is 30.8 Å². The van der Waals surface area contributed by atoms with Gasteiger partial charge in [-0.25, -0.2) is 4.79 Å². The number of ether oxygens (including phenoxy) is 1. The molecule has 0 aromatic heterocycles. The first kappa shape index (κ1) is 23.8. The SMILES string of the molecule is CC(CC(=O)NC[C@@H]1CCCC[C@@H]1C(=O)O)NC(=O)OCC1c2ccccc2-c2ccccc21. The third kappa shape index (κ3) is 5.41. The van der Waals surface area contributed by atoms with Gasteiger partial charge in [-0.15, -0.1) is 0 Å². The number of hydrogen-bond acceptors (Lipinski definition) is 4. The maximum Gasteiger partial charge on any atom is 0.407 e. The van der Waals surface area contributed by atoms with Crippen LogP contribution in [0.3, 0.4) is 0 Å². The van der Waals surface area contributed by atoms with Crippen LogP contribution < -0.4 is 10.6 Å². The minimum atomic E-state index is -0.788. The minimum Gasteiger partial charge on any atom is -0.481 e. The molecule has 3 atom stereocenters. The Hall–Kier alpha value is -3.35. The summed E-state index contributed by atoms with van der Waals surface area (Å²) in [5, 5.41) is 15.0. The number of carbonyl (C=O) groups is 3. The lowest BCUT2D eigenvalue weighted by atomic mass is 9.79. The summed E-state index contributed by atoms with van der Waals surface area (Å²) in [5.74, 6) is -1.45. The molecule has 0 spiro atoms. The van der Waals surface area contributed by atoms with Gasteiger partial charge < -0.3 is 20.5 Å². The molecule has 2 aliphatic carbocycles. The molecular weight excluding hydrogens is 432 g/mol. The zero-order valence-electron chi connectivity index (χ0n) is 19.5. The average Bonchev–Trinajstić information content (AvgIpc) is 3.15. The molecule has 2 aliphatic rings. The van der Waals surface area contributed by atoms with Crippen LogP contribution in [-0.2, 0) is 14.3 Å². The van der Waals surface area contributed by atoms with Crippen molar-refractivity contribution >= 4 is 18.0 Å². The molecule has 2 aromatic rings. The van der Waals surface area contributed by atoms with Gasteiger partial charge in [-0.1, -0.05) is 61.4 Å². The zero-order valence-corrected chi connectivity index (χ0v) is 19.5. The number of alkyl carbamates (subject to hydrolysis) is 1. The maximum absolute atomic E-state index is 12.4. The second-order valence-corrected chi connectivity index (χ2v) is 9.37. The lowest BCUT2D eigenvalue weighted by Crippen LogP contribution is -2.41. The first-order chi connectivity index (χ1) is 16.4. The Morgan fingerprint density at radius 1 is 1.00 bits per heavy atom. The molecule has 1 saturated carbocycles. The van der Waals surface area contributed by atoms with E-state index >= 15 is 0 Å². The molecule has 180 valence electrons. The summed E-state index contributed by atoms with van der Waals surface area (Å²) >= 11 is 0. The summed E-state index contributed by atoms with van der Waals surface area (Å²) in [7, 11) is 0. The highest BCUT2D eigenvalue weighted by Crippen LogP contribution is 2.44. The lowest BCUT2D eigenvalue weighted by molar-refractivity contribution is -0.145. The van der Waals surface area contributed by atoms with Crippen LogP contribution in [0.2, 0.25) is 0 Å². The van der Waals surface area contributed by atoms with Gasteiger partial charge in [0.05, 0.1) is 5.92 Å². The van der Waals surface area contributed by atoms with E-state index in [0.717, 1.165) is 30.4 Å².